The summed E-state index contributed by atoms with van der Waals surface area (Å²) in [7, 11) is -4.57. The molecule has 0 bridgehead atoms. The molecule has 12 nitrogen and oxygen atoms in total. The Bertz CT molecular complexity index is 1450. The first-order valence-electron chi connectivity index (χ1n) is 25.0. The number of aryl methyl sites for hydroxylation is 1. The molecule has 2 rings (SSSR count). The van der Waals surface area contributed by atoms with Crippen LogP contribution in [0.15, 0.2) is 40.1 Å². The van der Waals surface area contributed by atoms with Gasteiger partial charge in [0, 0.05) is 37.9 Å². The third kappa shape index (κ3) is 28.1. The lowest BCUT2D eigenvalue weighted by atomic mass is 10.1. The van der Waals surface area contributed by atoms with Crippen molar-refractivity contribution >= 4 is 7.82 Å². The molecule has 1 aliphatic rings. The minimum atomic E-state index is -4.57. The number of hydrogen-bond acceptors (Lipinski definition) is 9. The van der Waals surface area contributed by atoms with Crippen molar-refractivity contribution < 1.29 is 32.7 Å². The lowest BCUT2D eigenvalue weighted by molar-refractivity contribution is -0.0488. The van der Waals surface area contributed by atoms with Crippen molar-refractivity contribution in [3.05, 3.63) is 56.9 Å². The largest absolute Gasteiger partial charge is 0.472 e. The van der Waals surface area contributed by atoms with Crippen molar-refractivity contribution in [2.45, 2.75) is 232 Å². The number of hydrogen-bond donors (Lipinski definition) is 3. The number of aromatic amines is 1. The summed E-state index contributed by atoms with van der Waals surface area (Å²) < 4.78 is 43.5. The van der Waals surface area contributed by atoms with Crippen LogP contribution >= 0.6 is 7.82 Å². The predicted octanol–water partition coefficient (Wildman–Crippen LogP) is 12.1. The van der Waals surface area contributed by atoms with Crippen molar-refractivity contribution in [1.82, 2.24) is 9.55 Å². The Morgan fingerprint density at radius 1 is 0.742 bits per heavy atom. The van der Waals surface area contributed by atoms with Crippen LogP contribution in [0.2, 0.25) is 0 Å². The standard InChI is InChI=1S/C49H90N3O9P/c1-4-6-8-10-12-14-16-18-20-22-24-26-28-30-32-34-36-57-41-44(58-37-35-33-31-29-27-25-23-21-19-17-15-13-11-9-7-5-2)42-59-62(55,56)61-45-38-47(60-46(45)39-50)52-40-43(3)48(53)51-49(52)54/h18-21,40,44-47H,4-17,22-39,41-42,50H2,1-3H3,(H,55,56)(H,51,53,54)/b20-18+,21-19+/t44?,45-,46+,47+/m0/s1. The van der Waals surface area contributed by atoms with E-state index in [0.29, 0.717) is 18.8 Å². The molecular formula is C49H90N3O9P. The number of nitrogens with two attached hydrogens (primary N) is 1. The molecule has 2 unspecified atom stereocenters. The highest BCUT2D eigenvalue weighted by molar-refractivity contribution is 7.47. The summed E-state index contributed by atoms with van der Waals surface area (Å²) in [6, 6.07) is 0. The molecule has 0 aliphatic carbocycles. The first-order chi connectivity index (χ1) is 30.2. The molecule has 4 N–H and O–H groups in total. The third-order valence-corrected chi connectivity index (χ3v) is 12.7. The highest BCUT2D eigenvalue weighted by atomic mass is 31.2. The number of unbranched alkanes of at least 4 members (excludes halogenated alkanes) is 24. The second kappa shape index (κ2) is 37.3. The SMILES string of the molecule is CCCCCCCC/C=C/CCCCCCCCOCC(COP(=O)(O)O[C@H]1C[C@H](n2cc(C)c(=O)[nH]c2=O)O[C@@H]1CN)OCCCCCCCC/C=C/CCCCCCCC. The Balaban J connectivity index is 1.71. The van der Waals surface area contributed by atoms with Crippen molar-refractivity contribution in [3.63, 3.8) is 0 Å². The van der Waals surface area contributed by atoms with Crippen LogP contribution in [-0.2, 0) is 27.8 Å². The summed E-state index contributed by atoms with van der Waals surface area (Å²) in [6.07, 6.45) is 42.5. The molecule has 0 spiro atoms. The molecular weight excluding hydrogens is 806 g/mol. The maximum atomic E-state index is 13.2. The number of nitrogens with one attached hydrogen (secondary N) is 1. The van der Waals surface area contributed by atoms with Crippen LogP contribution in [0.4, 0.5) is 0 Å². The molecule has 62 heavy (non-hydrogen) atoms. The topological polar surface area (TPSA) is 164 Å². The molecule has 1 saturated heterocycles. The van der Waals surface area contributed by atoms with Gasteiger partial charge in [0.25, 0.3) is 5.56 Å². The maximum absolute atomic E-state index is 13.2. The molecule has 1 aromatic heterocycles. The van der Waals surface area contributed by atoms with E-state index in [0.717, 1.165) is 38.5 Å². The van der Waals surface area contributed by atoms with E-state index in [1.54, 1.807) is 6.92 Å². The van der Waals surface area contributed by atoms with Gasteiger partial charge in [-0.1, -0.05) is 154 Å². The average molecular weight is 896 g/mol. The first kappa shape index (κ1) is 56.2. The van der Waals surface area contributed by atoms with Crippen LogP contribution in [0.5, 0.6) is 0 Å². The zero-order valence-corrected chi connectivity index (χ0v) is 40.3. The Labute approximate surface area is 376 Å². The van der Waals surface area contributed by atoms with Gasteiger partial charge in [-0.2, -0.15) is 0 Å². The minimum absolute atomic E-state index is 0.00904. The van der Waals surface area contributed by atoms with E-state index in [9.17, 15) is 19.0 Å². The van der Waals surface area contributed by atoms with Crippen molar-refractivity contribution in [2.75, 3.05) is 33.0 Å². The average Bonchev–Trinajstić information content (AvgIpc) is 3.65. The molecule has 13 heteroatoms. The maximum Gasteiger partial charge on any atom is 0.472 e. The fraction of sp³-hybridized carbons (Fsp3) is 0.837. The van der Waals surface area contributed by atoms with E-state index < -0.39 is 43.6 Å². The van der Waals surface area contributed by atoms with Crippen LogP contribution in [0.1, 0.15) is 212 Å². The second-order valence-electron chi connectivity index (χ2n) is 17.4. The number of H-pyrrole nitrogens is 1. The monoisotopic (exact) mass is 896 g/mol. The van der Waals surface area contributed by atoms with Crippen LogP contribution in [0.25, 0.3) is 0 Å². The van der Waals surface area contributed by atoms with Gasteiger partial charge in [0.15, 0.2) is 0 Å². The van der Waals surface area contributed by atoms with E-state index in [1.165, 1.54) is 152 Å². The lowest BCUT2D eigenvalue weighted by Crippen LogP contribution is -2.34. The van der Waals surface area contributed by atoms with Crippen molar-refractivity contribution in [1.29, 1.82) is 0 Å². The van der Waals surface area contributed by atoms with Gasteiger partial charge in [0.05, 0.1) is 19.3 Å². The van der Waals surface area contributed by atoms with E-state index in [4.69, 9.17) is 29.0 Å². The lowest BCUT2D eigenvalue weighted by Gasteiger charge is -2.23. The Hall–Kier alpha value is -1.89. The molecule has 360 valence electrons. The summed E-state index contributed by atoms with van der Waals surface area (Å²) in [5.74, 6) is 0. The van der Waals surface area contributed by atoms with Crippen LogP contribution < -0.4 is 17.0 Å². The van der Waals surface area contributed by atoms with Gasteiger partial charge in [-0.25, -0.2) is 9.36 Å². The molecule has 1 fully saturated rings. The fourth-order valence-electron chi connectivity index (χ4n) is 7.78. The van der Waals surface area contributed by atoms with Crippen molar-refractivity contribution in [2.24, 2.45) is 5.73 Å². The van der Waals surface area contributed by atoms with Gasteiger partial charge in [0.2, 0.25) is 0 Å². The fourth-order valence-corrected chi connectivity index (χ4v) is 8.76. The highest BCUT2D eigenvalue weighted by Crippen LogP contribution is 2.48. The molecule has 0 amide bonds. The molecule has 2 heterocycles. The molecule has 0 radical (unpaired) electrons. The number of rotatable bonds is 42. The van der Waals surface area contributed by atoms with E-state index in [-0.39, 0.29) is 26.2 Å². The Morgan fingerprint density at radius 2 is 1.21 bits per heavy atom. The number of aromatic nitrogens is 2. The minimum Gasteiger partial charge on any atom is -0.379 e. The Kier molecular flexibility index (Phi) is 33.9. The molecule has 0 aromatic carbocycles. The summed E-state index contributed by atoms with van der Waals surface area (Å²) in [4.78, 5) is 37.4. The molecule has 1 aliphatic heterocycles. The summed E-state index contributed by atoms with van der Waals surface area (Å²) >= 11 is 0. The van der Waals surface area contributed by atoms with Gasteiger partial charge in [0.1, 0.15) is 18.4 Å². The first-order valence-corrected chi connectivity index (χ1v) is 26.5. The quantitative estimate of drug-likeness (QED) is 0.0327. The van der Waals surface area contributed by atoms with Crippen LogP contribution in [0, 0.1) is 6.92 Å². The number of ether oxygens (including phenoxy) is 3. The van der Waals surface area contributed by atoms with E-state index in [1.807, 2.05) is 0 Å². The summed E-state index contributed by atoms with van der Waals surface area (Å²) in [5, 5.41) is 0. The zero-order valence-electron chi connectivity index (χ0n) is 39.4. The highest BCUT2D eigenvalue weighted by Gasteiger charge is 2.41. The predicted molar refractivity (Wildman–Crippen MR) is 254 cm³/mol. The molecule has 1 aromatic rings. The number of phosphoric acid groups is 1. The van der Waals surface area contributed by atoms with Crippen molar-refractivity contribution in [3.8, 4) is 0 Å². The molecule has 0 saturated carbocycles. The number of nitrogens with zero attached hydrogens (tertiary/aromatic N) is 1. The van der Waals surface area contributed by atoms with Crippen LogP contribution in [0.3, 0.4) is 0 Å². The van der Waals surface area contributed by atoms with Gasteiger partial charge >= 0.3 is 13.5 Å². The van der Waals surface area contributed by atoms with Crippen LogP contribution in [-0.4, -0.2) is 65.7 Å². The second-order valence-corrected chi connectivity index (χ2v) is 18.8. The number of allylic oxidation sites excluding steroid dienone is 4. The van der Waals surface area contributed by atoms with Gasteiger partial charge in [-0.3, -0.25) is 23.4 Å². The van der Waals surface area contributed by atoms with E-state index >= 15 is 0 Å². The smallest absolute Gasteiger partial charge is 0.379 e. The van der Waals surface area contributed by atoms with Gasteiger partial charge < -0.3 is 24.8 Å². The third-order valence-electron chi connectivity index (χ3n) is 11.7. The normalized spacial score (nSPS) is 18.4. The summed E-state index contributed by atoms with van der Waals surface area (Å²) in [5.41, 5.74) is 5.10. The zero-order chi connectivity index (χ0) is 44.9. The summed E-state index contributed by atoms with van der Waals surface area (Å²) in [6.45, 7) is 7.24. The Morgan fingerprint density at radius 3 is 1.71 bits per heavy atom. The number of phosphoric ester groups is 1. The van der Waals surface area contributed by atoms with Gasteiger partial charge in [-0.15, -0.1) is 0 Å². The van der Waals surface area contributed by atoms with E-state index in [2.05, 4.69) is 43.1 Å². The molecule has 5 atom stereocenters. The van der Waals surface area contributed by atoms with Gasteiger partial charge in [-0.05, 0) is 71.1 Å².